The molecule has 0 bridgehead atoms. The third-order valence-electron chi connectivity index (χ3n) is 4.97. The zero-order chi connectivity index (χ0) is 23.5. The van der Waals surface area contributed by atoms with Crippen molar-refractivity contribution < 1.29 is 14.0 Å². The maximum Gasteiger partial charge on any atom is 0.248 e. The number of aromatic nitrogens is 2. The lowest BCUT2D eigenvalue weighted by Gasteiger charge is -2.05. The van der Waals surface area contributed by atoms with Crippen molar-refractivity contribution in [3.8, 4) is 22.9 Å². The third kappa shape index (κ3) is 7.51. The van der Waals surface area contributed by atoms with Crippen LogP contribution in [-0.2, 0) is 9.59 Å². The number of amides is 2. The molecule has 0 atom stereocenters. The van der Waals surface area contributed by atoms with Crippen LogP contribution in [0.4, 0.5) is 11.4 Å². The van der Waals surface area contributed by atoms with Crippen LogP contribution in [0.15, 0.2) is 52.9 Å². The van der Waals surface area contributed by atoms with E-state index in [0.717, 1.165) is 36.8 Å². The lowest BCUT2D eigenvalue weighted by Crippen LogP contribution is -2.11. The van der Waals surface area contributed by atoms with Gasteiger partial charge in [-0.15, -0.1) is 10.2 Å². The molecular formula is C24H30N6O3. The minimum absolute atomic E-state index is 0.0357. The second-order valence-electron chi connectivity index (χ2n) is 7.65. The molecule has 0 saturated heterocycles. The molecule has 3 rings (SSSR count). The first-order chi connectivity index (χ1) is 16.1. The summed E-state index contributed by atoms with van der Waals surface area (Å²) in [5.74, 6) is 0.684. The van der Waals surface area contributed by atoms with Crippen molar-refractivity contribution in [3.05, 3.63) is 48.5 Å². The monoisotopic (exact) mass is 450 g/mol. The molecule has 0 aliphatic rings. The second kappa shape index (κ2) is 12.5. The summed E-state index contributed by atoms with van der Waals surface area (Å²) in [4.78, 5) is 23.8. The number of benzene rings is 2. The molecule has 3 aromatic rings. The number of anilines is 2. The summed E-state index contributed by atoms with van der Waals surface area (Å²) in [5, 5.41) is 14.0. The minimum atomic E-state index is -0.0357. The summed E-state index contributed by atoms with van der Waals surface area (Å²) in [7, 11) is 0. The van der Waals surface area contributed by atoms with Crippen LogP contribution >= 0.6 is 0 Å². The molecule has 1 aromatic heterocycles. The van der Waals surface area contributed by atoms with E-state index in [0.29, 0.717) is 49.1 Å². The Hall–Kier alpha value is -3.56. The maximum atomic E-state index is 11.9. The molecule has 2 aromatic carbocycles. The predicted octanol–water partition coefficient (Wildman–Crippen LogP) is 3.54. The first-order valence-corrected chi connectivity index (χ1v) is 11.1. The summed E-state index contributed by atoms with van der Waals surface area (Å²) in [5.41, 5.74) is 13.8. The average Bonchev–Trinajstić information content (AvgIpc) is 3.31. The van der Waals surface area contributed by atoms with Gasteiger partial charge >= 0.3 is 0 Å². The van der Waals surface area contributed by atoms with E-state index in [2.05, 4.69) is 20.8 Å². The van der Waals surface area contributed by atoms with Crippen molar-refractivity contribution in [2.24, 2.45) is 11.5 Å². The van der Waals surface area contributed by atoms with Crippen molar-refractivity contribution in [1.29, 1.82) is 0 Å². The van der Waals surface area contributed by atoms with Gasteiger partial charge in [-0.3, -0.25) is 9.59 Å². The van der Waals surface area contributed by atoms with Crippen molar-refractivity contribution in [2.75, 3.05) is 23.7 Å². The molecule has 0 spiro atoms. The first-order valence-electron chi connectivity index (χ1n) is 11.1. The van der Waals surface area contributed by atoms with Crippen LogP contribution in [0.5, 0.6) is 0 Å². The van der Waals surface area contributed by atoms with Crippen molar-refractivity contribution >= 4 is 23.2 Å². The molecule has 9 heteroatoms. The second-order valence-corrected chi connectivity index (χ2v) is 7.65. The van der Waals surface area contributed by atoms with Crippen molar-refractivity contribution in [2.45, 2.75) is 38.5 Å². The zero-order valence-corrected chi connectivity index (χ0v) is 18.5. The van der Waals surface area contributed by atoms with Crippen LogP contribution < -0.4 is 22.1 Å². The smallest absolute Gasteiger partial charge is 0.248 e. The van der Waals surface area contributed by atoms with Crippen LogP contribution in [0.2, 0.25) is 0 Å². The maximum absolute atomic E-state index is 11.9. The van der Waals surface area contributed by atoms with Crippen LogP contribution in [0.3, 0.4) is 0 Å². The molecule has 9 nitrogen and oxygen atoms in total. The predicted molar refractivity (Wildman–Crippen MR) is 128 cm³/mol. The molecule has 1 heterocycles. The highest BCUT2D eigenvalue weighted by Gasteiger charge is 2.11. The Morgan fingerprint density at radius 3 is 1.42 bits per heavy atom. The Kier molecular flexibility index (Phi) is 9.10. The number of carbonyl (C=O) groups excluding carboxylic acids is 2. The molecule has 6 N–H and O–H groups in total. The Bertz CT molecular complexity index is 949. The molecule has 0 radical (unpaired) electrons. The number of rotatable bonds is 12. The van der Waals surface area contributed by atoms with E-state index in [9.17, 15) is 9.59 Å². The zero-order valence-electron chi connectivity index (χ0n) is 18.5. The van der Waals surface area contributed by atoms with Gasteiger partial charge in [-0.2, -0.15) is 0 Å². The number of hydrogen-bond acceptors (Lipinski definition) is 7. The van der Waals surface area contributed by atoms with Crippen molar-refractivity contribution in [3.63, 3.8) is 0 Å². The highest BCUT2D eigenvalue weighted by Crippen LogP contribution is 2.26. The van der Waals surface area contributed by atoms with E-state index in [-0.39, 0.29) is 11.8 Å². The summed E-state index contributed by atoms with van der Waals surface area (Å²) < 4.78 is 5.81. The Balaban J connectivity index is 1.57. The van der Waals surface area contributed by atoms with Crippen molar-refractivity contribution in [1.82, 2.24) is 10.2 Å². The van der Waals surface area contributed by atoms with E-state index in [1.807, 2.05) is 24.3 Å². The van der Waals surface area contributed by atoms with Crippen LogP contribution in [0, 0.1) is 0 Å². The fourth-order valence-corrected chi connectivity index (χ4v) is 3.16. The number of nitrogens with one attached hydrogen (secondary N) is 2. The van der Waals surface area contributed by atoms with Gasteiger partial charge < -0.3 is 26.5 Å². The SMILES string of the molecule is NCCCCC(=O)Nc1ccc(-c2nnc(-c3ccc(NC(=O)CCCCN)cc3)o2)cc1. The van der Waals surface area contributed by atoms with Crippen LogP contribution in [-0.4, -0.2) is 35.1 Å². The summed E-state index contributed by atoms with van der Waals surface area (Å²) >= 11 is 0. The molecule has 174 valence electrons. The summed E-state index contributed by atoms with van der Waals surface area (Å²) in [6, 6.07) is 14.4. The Morgan fingerprint density at radius 1 is 0.667 bits per heavy atom. The molecule has 2 amide bonds. The average molecular weight is 451 g/mol. The first kappa shape index (κ1) is 24.1. The van der Waals surface area contributed by atoms with Gasteiger partial charge in [0.05, 0.1) is 0 Å². The van der Waals surface area contributed by atoms with Crippen LogP contribution in [0.1, 0.15) is 38.5 Å². The van der Waals surface area contributed by atoms with Gasteiger partial charge in [0, 0.05) is 35.3 Å². The fourth-order valence-electron chi connectivity index (χ4n) is 3.16. The highest BCUT2D eigenvalue weighted by atomic mass is 16.4. The summed E-state index contributed by atoms with van der Waals surface area (Å²) in [6.07, 6.45) is 4.10. The Labute approximate surface area is 192 Å². The van der Waals surface area contributed by atoms with Gasteiger partial charge in [-0.25, -0.2) is 0 Å². The molecule has 0 aliphatic carbocycles. The third-order valence-corrected chi connectivity index (χ3v) is 4.97. The number of nitrogens with two attached hydrogens (primary N) is 2. The molecule has 0 fully saturated rings. The lowest BCUT2D eigenvalue weighted by atomic mass is 10.2. The van der Waals surface area contributed by atoms with E-state index < -0.39 is 0 Å². The molecule has 0 aliphatic heterocycles. The standard InChI is InChI=1S/C24H30N6O3/c25-15-3-1-5-21(31)27-19-11-7-17(8-12-19)23-29-30-24(33-23)18-9-13-20(14-10-18)28-22(32)6-2-4-16-26/h7-14H,1-6,15-16,25-26H2,(H,27,31)(H,28,32). The van der Waals surface area contributed by atoms with E-state index in [1.54, 1.807) is 24.3 Å². The number of hydrogen-bond donors (Lipinski definition) is 4. The van der Waals surface area contributed by atoms with E-state index in [4.69, 9.17) is 15.9 Å². The number of carbonyl (C=O) groups is 2. The van der Waals surface area contributed by atoms with Gasteiger partial charge in [0.15, 0.2) is 0 Å². The van der Waals surface area contributed by atoms with Crippen LogP contribution in [0.25, 0.3) is 22.9 Å². The fraction of sp³-hybridized carbons (Fsp3) is 0.333. The largest absolute Gasteiger partial charge is 0.416 e. The number of unbranched alkanes of at least 4 members (excludes halogenated alkanes) is 2. The molecule has 33 heavy (non-hydrogen) atoms. The van der Waals surface area contributed by atoms with E-state index in [1.165, 1.54) is 0 Å². The van der Waals surface area contributed by atoms with Gasteiger partial charge in [-0.05, 0) is 87.3 Å². The molecule has 0 unspecified atom stereocenters. The van der Waals surface area contributed by atoms with E-state index >= 15 is 0 Å². The molecular weight excluding hydrogens is 420 g/mol. The Morgan fingerprint density at radius 2 is 1.06 bits per heavy atom. The van der Waals surface area contributed by atoms with Gasteiger partial charge in [0.1, 0.15) is 0 Å². The lowest BCUT2D eigenvalue weighted by molar-refractivity contribution is -0.117. The van der Waals surface area contributed by atoms with Gasteiger partial charge in [0.25, 0.3) is 0 Å². The topological polar surface area (TPSA) is 149 Å². The number of nitrogens with zero attached hydrogens (tertiary/aromatic N) is 2. The minimum Gasteiger partial charge on any atom is -0.416 e. The highest BCUT2D eigenvalue weighted by molar-refractivity contribution is 5.91. The quantitative estimate of drug-likeness (QED) is 0.308. The normalized spacial score (nSPS) is 10.7. The summed E-state index contributed by atoms with van der Waals surface area (Å²) in [6.45, 7) is 1.18. The molecule has 0 saturated carbocycles. The van der Waals surface area contributed by atoms with Gasteiger partial charge in [-0.1, -0.05) is 0 Å². The van der Waals surface area contributed by atoms with Gasteiger partial charge in [0.2, 0.25) is 23.6 Å².